The first kappa shape index (κ1) is 18.7. The molecule has 0 radical (unpaired) electrons. The van der Waals surface area contributed by atoms with E-state index in [1.165, 1.54) is 0 Å². The summed E-state index contributed by atoms with van der Waals surface area (Å²) in [5, 5.41) is 6.28. The van der Waals surface area contributed by atoms with Gasteiger partial charge < -0.3 is 15.4 Å². The zero-order chi connectivity index (χ0) is 18.7. The highest BCUT2D eigenvalue weighted by molar-refractivity contribution is 5.80. The molecular formula is C21H30N2O3. The zero-order valence-electron chi connectivity index (χ0n) is 16.0. The SMILES string of the molecule is CCC1C(=O)NC2CC(NC(=O)COc3ccccc3C)CCC2C1C. The summed E-state index contributed by atoms with van der Waals surface area (Å²) in [5.41, 5.74) is 1.02. The van der Waals surface area contributed by atoms with Crippen molar-refractivity contribution in [1.82, 2.24) is 10.6 Å². The number of nitrogens with one attached hydrogen (secondary N) is 2. The number of ether oxygens (including phenoxy) is 1. The highest BCUT2D eigenvalue weighted by atomic mass is 16.5. The number of amides is 2. The summed E-state index contributed by atoms with van der Waals surface area (Å²) in [6.07, 6.45) is 3.72. The molecule has 2 aliphatic rings. The average Bonchev–Trinajstić information content (AvgIpc) is 2.61. The highest BCUT2D eigenvalue weighted by Gasteiger charge is 2.43. The minimum atomic E-state index is -0.0988. The lowest BCUT2D eigenvalue weighted by Gasteiger charge is -2.46. The highest BCUT2D eigenvalue weighted by Crippen LogP contribution is 2.38. The molecule has 5 unspecified atom stereocenters. The second kappa shape index (κ2) is 8.11. The molecule has 1 aromatic rings. The third-order valence-corrected chi connectivity index (χ3v) is 6.14. The van der Waals surface area contributed by atoms with E-state index in [9.17, 15) is 9.59 Å². The number of para-hydroxylation sites is 1. The van der Waals surface area contributed by atoms with E-state index < -0.39 is 0 Å². The Hall–Kier alpha value is -2.04. The van der Waals surface area contributed by atoms with Crippen molar-refractivity contribution in [2.75, 3.05) is 6.61 Å². The van der Waals surface area contributed by atoms with Gasteiger partial charge in [-0.2, -0.15) is 0 Å². The standard InChI is InChI=1S/C21H30N2O3/c1-4-16-14(3)17-10-9-15(11-18(17)23-21(16)25)22-20(24)12-26-19-8-6-5-7-13(19)2/h5-8,14-18H,4,9-12H2,1-3H3,(H,22,24)(H,23,25). The molecule has 5 nitrogen and oxygen atoms in total. The van der Waals surface area contributed by atoms with Crippen LogP contribution in [-0.2, 0) is 9.59 Å². The maximum absolute atomic E-state index is 12.3. The minimum Gasteiger partial charge on any atom is -0.484 e. The maximum atomic E-state index is 12.3. The fourth-order valence-corrected chi connectivity index (χ4v) is 4.64. The Morgan fingerprint density at radius 2 is 2.08 bits per heavy atom. The molecule has 5 atom stereocenters. The predicted molar refractivity (Wildman–Crippen MR) is 101 cm³/mol. The Kier molecular flexibility index (Phi) is 5.84. The van der Waals surface area contributed by atoms with E-state index in [-0.39, 0.29) is 36.4 Å². The van der Waals surface area contributed by atoms with E-state index in [0.29, 0.717) is 11.8 Å². The van der Waals surface area contributed by atoms with Gasteiger partial charge in [0.1, 0.15) is 5.75 Å². The van der Waals surface area contributed by atoms with Gasteiger partial charge in [0.05, 0.1) is 0 Å². The summed E-state index contributed by atoms with van der Waals surface area (Å²) in [4.78, 5) is 24.6. The van der Waals surface area contributed by atoms with Crippen molar-refractivity contribution in [2.24, 2.45) is 17.8 Å². The Bertz CT molecular complexity index is 660. The van der Waals surface area contributed by atoms with Gasteiger partial charge in [0.15, 0.2) is 6.61 Å². The van der Waals surface area contributed by atoms with E-state index in [1.54, 1.807) is 0 Å². The topological polar surface area (TPSA) is 67.4 Å². The molecule has 5 heteroatoms. The molecule has 1 aliphatic heterocycles. The number of carbonyl (C=O) groups is 2. The van der Waals surface area contributed by atoms with Crippen LogP contribution >= 0.6 is 0 Å². The molecule has 1 aliphatic carbocycles. The number of hydrogen-bond donors (Lipinski definition) is 2. The fraction of sp³-hybridized carbons (Fsp3) is 0.619. The van der Waals surface area contributed by atoms with Crippen LogP contribution in [0.1, 0.15) is 45.1 Å². The number of benzene rings is 1. The molecule has 1 aromatic carbocycles. The molecule has 1 heterocycles. The first-order chi connectivity index (χ1) is 12.5. The van der Waals surface area contributed by atoms with Crippen molar-refractivity contribution >= 4 is 11.8 Å². The third-order valence-electron chi connectivity index (χ3n) is 6.14. The van der Waals surface area contributed by atoms with Crippen LogP contribution in [0.4, 0.5) is 0 Å². The number of rotatable bonds is 5. The quantitative estimate of drug-likeness (QED) is 0.850. The Labute approximate surface area is 155 Å². The smallest absolute Gasteiger partial charge is 0.258 e. The number of piperidine rings is 1. The van der Waals surface area contributed by atoms with E-state index in [0.717, 1.165) is 37.0 Å². The van der Waals surface area contributed by atoms with Gasteiger partial charge in [-0.25, -0.2) is 0 Å². The monoisotopic (exact) mass is 358 g/mol. The molecule has 1 saturated heterocycles. The second-order valence-corrected chi connectivity index (χ2v) is 7.78. The molecule has 2 fully saturated rings. The van der Waals surface area contributed by atoms with Crippen LogP contribution in [-0.4, -0.2) is 30.5 Å². The Morgan fingerprint density at radius 1 is 1.31 bits per heavy atom. The van der Waals surface area contributed by atoms with E-state index in [1.807, 2.05) is 31.2 Å². The maximum Gasteiger partial charge on any atom is 0.258 e. The minimum absolute atomic E-state index is 0.0239. The van der Waals surface area contributed by atoms with Crippen LogP contribution in [0.2, 0.25) is 0 Å². The number of carbonyl (C=O) groups excluding carboxylic acids is 2. The molecular weight excluding hydrogens is 328 g/mol. The van der Waals surface area contributed by atoms with E-state index in [4.69, 9.17) is 4.74 Å². The van der Waals surface area contributed by atoms with Crippen LogP contribution < -0.4 is 15.4 Å². The first-order valence-electron chi connectivity index (χ1n) is 9.77. The lowest BCUT2D eigenvalue weighted by Crippen LogP contribution is -2.58. The second-order valence-electron chi connectivity index (χ2n) is 7.78. The molecule has 0 bridgehead atoms. The number of hydrogen-bond acceptors (Lipinski definition) is 3. The Morgan fingerprint density at radius 3 is 2.81 bits per heavy atom. The normalized spacial score (nSPS) is 30.9. The van der Waals surface area contributed by atoms with E-state index >= 15 is 0 Å². The van der Waals surface area contributed by atoms with E-state index in [2.05, 4.69) is 24.5 Å². The zero-order valence-corrected chi connectivity index (χ0v) is 16.0. The summed E-state index contributed by atoms with van der Waals surface area (Å²) < 4.78 is 5.63. The molecule has 1 saturated carbocycles. The molecule has 0 spiro atoms. The summed E-state index contributed by atoms with van der Waals surface area (Å²) in [6.45, 7) is 6.28. The molecule has 142 valence electrons. The van der Waals surface area contributed by atoms with Gasteiger partial charge in [-0.15, -0.1) is 0 Å². The van der Waals surface area contributed by atoms with Gasteiger partial charge in [0.25, 0.3) is 5.91 Å². The lowest BCUT2D eigenvalue weighted by atomic mass is 9.67. The third kappa shape index (κ3) is 4.02. The summed E-state index contributed by atoms with van der Waals surface area (Å²) in [7, 11) is 0. The van der Waals surface area contributed by atoms with Gasteiger partial charge in [0, 0.05) is 18.0 Å². The van der Waals surface area contributed by atoms with Crippen LogP contribution in [0.15, 0.2) is 24.3 Å². The molecule has 2 amide bonds. The van der Waals surface area contributed by atoms with Gasteiger partial charge in [-0.1, -0.05) is 32.0 Å². The van der Waals surface area contributed by atoms with Gasteiger partial charge in [-0.05, 0) is 56.1 Å². The number of fused-ring (bicyclic) bond motifs is 1. The molecule has 3 rings (SSSR count). The largest absolute Gasteiger partial charge is 0.484 e. The lowest BCUT2D eigenvalue weighted by molar-refractivity contribution is -0.133. The van der Waals surface area contributed by atoms with Crippen LogP contribution in [0, 0.1) is 24.7 Å². The first-order valence-corrected chi connectivity index (χ1v) is 9.77. The Balaban J connectivity index is 1.50. The van der Waals surface area contributed by atoms with Crippen LogP contribution in [0.25, 0.3) is 0 Å². The van der Waals surface area contributed by atoms with Crippen molar-refractivity contribution in [3.8, 4) is 5.75 Å². The van der Waals surface area contributed by atoms with Crippen molar-refractivity contribution in [1.29, 1.82) is 0 Å². The van der Waals surface area contributed by atoms with Gasteiger partial charge in [0.2, 0.25) is 5.91 Å². The molecule has 2 N–H and O–H groups in total. The summed E-state index contributed by atoms with van der Waals surface area (Å²) >= 11 is 0. The van der Waals surface area contributed by atoms with Gasteiger partial charge in [-0.3, -0.25) is 9.59 Å². The molecule has 26 heavy (non-hydrogen) atoms. The number of aryl methyl sites for hydroxylation is 1. The van der Waals surface area contributed by atoms with Crippen molar-refractivity contribution < 1.29 is 14.3 Å². The van der Waals surface area contributed by atoms with Crippen LogP contribution in [0.5, 0.6) is 5.75 Å². The van der Waals surface area contributed by atoms with Crippen molar-refractivity contribution in [3.63, 3.8) is 0 Å². The molecule has 0 aromatic heterocycles. The van der Waals surface area contributed by atoms with Crippen molar-refractivity contribution in [3.05, 3.63) is 29.8 Å². The summed E-state index contributed by atoms with van der Waals surface area (Å²) in [5.74, 6) is 1.89. The van der Waals surface area contributed by atoms with Gasteiger partial charge >= 0.3 is 0 Å². The average molecular weight is 358 g/mol. The van der Waals surface area contributed by atoms with Crippen molar-refractivity contribution in [2.45, 2.75) is 58.5 Å². The predicted octanol–water partition coefficient (Wildman–Crippen LogP) is 2.82. The summed E-state index contributed by atoms with van der Waals surface area (Å²) in [6, 6.07) is 7.97. The fourth-order valence-electron chi connectivity index (χ4n) is 4.64. The van der Waals surface area contributed by atoms with Crippen LogP contribution in [0.3, 0.4) is 0 Å².